The molecule has 34 heavy (non-hydrogen) atoms. The number of aldehydes is 1. The fourth-order valence-corrected chi connectivity index (χ4v) is 4.07. The summed E-state index contributed by atoms with van der Waals surface area (Å²) >= 11 is 0. The maximum atomic E-state index is 12.8. The van der Waals surface area contributed by atoms with E-state index in [9.17, 15) is 28.3 Å². The van der Waals surface area contributed by atoms with Crippen molar-refractivity contribution in [3.63, 3.8) is 0 Å². The topological polar surface area (TPSA) is 101 Å². The lowest BCUT2D eigenvalue weighted by Gasteiger charge is -2.38. The number of carbonyl (C=O) groups is 2. The van der Waals surface area contributed by atoms with Gasteiger partial charge in [-0.05, 0) is 31.0 Å². The summed E-state index contributed by atoms with van der Waals surface area (Å²) < 4.78 is 32.7. The molecule has 2 atom stereocenters. The first-order chi connectivity index (χ1) is 16.3. The smallest absolute Gasteiger partial charge is 0.233 e. The lowest BCUT2D eigenvalue weighted by molar-refractivity contribution is -0.161. The molecule has 0 aromatic carbocycles. The summed E-state index contributed by atoms with van der Waals surface area (Å²) in [6, 6.07) is 0. The number of pyridine rings is 1. The molecule has 0 saturated carbocycles. The van der Waals surface area contributed by atoms with Crippen LogP contribution in [-0.2, 0) is 22.5 Å². The summed E-state index contributed by atoms with van der Waals surface area (Å²) in [7, 11) is 1.77. The Bertz CT molecular complexity index is 1090. The van der Waals surface area contributed by atoms with Crippen molar-refractivity contribution < 1.29 is 28.2 Å². The fraction of sp³-hybridized carbons (Fsp3) is 0.458. The fourth-order valence-electron chi connectivity index (χ4n) is 4.07. The number of ether oxygens (including phenoxy) is 1. The number of fused-ring (bicyclic) bond motifs is 2. The number of rotatable bonds is 4. The van der Waals surface area contributed by atoms with Gasteiger partial charge in [-0.3, -0.25) is 14.4 Å². The van der Waals surface area contributed by atoms with Crippen molar-refractivity contribution >= 4 is 12.2 Å². The molecule has 0 radical (unpaired) electrons. The third-order valence-electron chi connectivity index (χ3n) is 5.99. The van der Waals surface area contributed by atoms with E-state index < -0.39 is 29.1 Å². The summed E-state index contributed by atoms with van der Waals surface area (Å²) in [4.78, 5) is 36.9. The van der Waals surface area contributed by atoms with Crippen LogP contribution in [0.2, 0.25) is 0 Å². The molecule has 1 aromatic rings. The van der Waals surface area contributed by atoms with Gasteiger partial charge in [0.15, 0.2) is 12.0 Å². The first-order valence-corrected chi connectivity index (χ1v) is 11.1. The van der Waals surface area contributed by atoms with E-state index >= 15 is 0 Å². The quantitative estimate of drug-likeness (QED) is 0.646. The average Bonchev–Trinajstić information content (AvgIpc) is 3.07. The molecular formula is C24H29F2N3O5. The van der Waals surface area contributed by atoms with E-state index in [1.165, 1.54) is 12.3 Å². The summed E-state index contributed by atoms with van der Waals surface area (Å²) in [5.74, 6) is -1.37. The molecule has 3 heterocycles. The van der Waals surface area contributed by atoms with E-state index in [0.717, 1.165) is 18.1 Å². The molecule has 1 fully saturated rings. The number of halogens is 2. The van der Waals surface area contributed by atoms with Crippen LogP contribution in [-0.4, -0.2) is 59.7 Å². The van der Waals surface area contributed by atoms with Crippen molar-refractivity contribution in [3.05, 3.63) is 63.1 Å². The summed E-state index contributed by atoms with van der Waals surface area (Å²) in [5.41, 5.74) is 0.233. The number of hydrogen-bond donors (Lipinski definition) is 2. The Morgan fingerprint density at radius 1 is 1.24 bits per heavy atom. The second-order valence-electron chi connectivity index (χ2n) is 8.44. The first kappa shape index (κ1) is 25.5. The maximum Gasteiger partial charge on any atom is 0.233 e. The first-order valence-electron chi connectivity index (χ1n) is 11.1. The van der Waals surface area contributed by atoms with Gasteiger partial charge in [-0.2, -0.15) is 0 Å². The monoisotopic (exact) mass is 477 g/mol. The highest BCUT2D eigenvalue weighted by atomic mass is 19.1. The van der Waals surface area contributed by atoms with Crippen LogP contribution in [0, 0.1) is 5.92 Å². The van der Waals surface area contributed by atoms with Crippen molar-refractivity contribution in [2.45, 2.75) is 39.0 Å². The molecule has 2 aliphatic heterocycles. The SMILES string of the molecule is CC[C@@H]1COC2Cn3cc(C=O)c(=O)c(O)c3CC(=O)N2C1.CNCC1=CC=C(F)C=C(F)C1. The zero-order chi connectivity index (χ0) is 24.8. The third-order valence-corrected chi connectivity index (χ3v) is 5.99. The van der Waals surface area contributed by atoms with E-state index in [0.29, 0.717) is 38.4 Å². The minimum atomic E-state index is -0.735. The van der Waals surface area contributed by atoms with Crippen LogP contribution in [0.25, 0.3) is 0 Å². The molecule has 1 unspecified atom stereocenters. The molecule has 0 spiro atoms. The van der Waals surface area contributed by atoms with E-state index in [1.54, 1.807) is 22.6 Å². The Balaban J connectivity index is 0.000000229. The van der Waals surface area contributed by atoms with Gasteiger partial charge in [-0.25, -0.2) is 8.78 Å². The van der Waals surface area contributed by atoms with Crippen LogP contribution in [0.4, 0.5) is 8.78 Å². The molecule has 1 aliphatic carbocycles. The predicted molar refractivity (Wildman–Crippen MR) is 122 cm³/mol. The molecule has 1 saturated heterocycles. The molecule has 0 bridgehead atoms. The van der Waals surface area contributed by atoms with Gasteiger partial charge >= 0.3 is 0 Å². The zero-order valence-corrected chi connectivity index (χ0v) is 19.2. The van der Waals surface area contributed by atoms with E-state index in [4.69, 9.17) is 4.74 Å². The Morgan fingerprint density at radius 3 is 2.68 bits per heavy atom. The number of nitrogens with zero attached hydrogens (tertiary/aromatic N) is 2. The molecule has 1 amide bonds. The predicted octanol–water partition coefficient (Wildman–Crippen LogP) is 2.38. The molecule has 10 heteroatoms. The van der Waals surface area contributed by atoms with Gasteiger partial charge in [0.25, 0.3) is 0 Å². The lowest BCUT2D eigenvalue weighted by atomic mass is 10.1. The number of allylic oxidation sites excluding steroid dienone is 5. The highest BCUT2D eigenvalue weighted by Gasteiger charge is 2.36. The number of carbonyl (C=O) groups excluding carboxylic acids is 2. The van der Waals surface area contributed by atoms with Crippen LogP contribution in [0.3, 0.4) is 0 Å². The highest BCUT2D eigenvalue weighted by Crippen LogP contribution is 2.26. The minimum Gasteiger partial charge on any atom is -0.503 e. The van der Waals surface area contributed by atoms with Crippen molar-refractivity contribution in [2.24, 2.45) is 5.92 Å². The van der Waals surface area contributed by atoms with Gasteiger partial charge in [0.2, 0.25) is 11.3 Å². The number of likely N-dealkylation sites (N-methyl/N-ethyl adjacent to an activating group) is 1. The summed E-state index contributed by atoms with van der Waals surface area (Å²) in [5, 5.41) is 12.9. The molecule has 2 N–H and O–H groups in total. The summed E-state index contributed by atoms with van der Waals surface area (Å²) in [6.07, 6.45) is 6.21. The largest absolute Gasteiger partial charge is 0.503 e. The molecule has 3 aliphatic rings. The molecule has 184 valence electrons. The summed E-state index contributed by atoms with van der Waals surface area (Å²) in [6.45, 7) is 4.12. The number of aromatic hydroxyl groups is 1. The van der Waals surface area contributed by atoms with Gasteiger partial charge in [-0.15, -0.1) is 0 Å². The van der Waals surface area contributed by atoms with Gasteiger partial charge in [0.05, 0.1) is 30.8 Å². The van der Waals surface area contributed by atoms with Gasteiger partial charge in [-0.1, -0.05) is 13.0 Å². The highest BCUT2D eigenvalue weighted by molar-refractivity contribution is 5.81. The van der Waals surface area contributed by atoms with Crippen molar-refractivity contribution in [1.29, 1.82) is 0 Å². The van der Waals surface area contributed by atoms with E-state index in [-0.39, 0.29) is 30.0 Å². The standard InChI is InChI=1S/C15H18N2O5.C9H11F2N/c1-2-9-4-17-12(19)3-11-15(21)14(20)10(7-18)5-16(11)6-13(17)22-8-9;1-12-6-7-2-3-8(10)5-9(11)4-7/h5,7,9,13,21H,2-4,6,8H2,1H3;2-3,5,12H,4,6H2,1H3/t9-,13?;/m0./s1. The zero-order valence-electron chi connectivity index (χ0n) is 19.2. The third kappa shape index (κ3) is 5.87. The van der Waals surface area contributed by atoms with E-state index in [1.807, 2.05) is 6.92 Å². The molecule has 8 nitrogen and oxygen atoms in total. The van der Waals surface area contributed by atoms with Gasteiger partial charge in [0, 0.05) is 31.8 Å². The van der Waals surface area contributed by atoms with Crippen molar-refractivity contribution in [3.8, 4) is 5.75 Å². The van der Waals surface area contributed by atoms with Gasteiger partial charge in [0.1, 0.15) is 17.9 Å². The Hall–Kier alpha value is -3.11. The molecule has 4 rings (SSSR count). The molecule has 1 aromatic heterocycles. The van der Waals surface area contributed by atoms with Crippen LogP contribution in [0.1, 0.15) is 35.8 Å². The number of amides is 1. The number of hydrogen-bond acceptors (Lipinski definition) is 6. The average molecular weight is 478 g/mol. The van der Waals surface area contributed by atoms with Crippen LogP contribution in [0.5, 0.6) is 5.75 Å². The Morgan fingerprint density at radius 2 is 2.00 bits per heavy atom. The van der Waals surface area contributed by atoms with Crippen LogP contribution in [0.15, 0.2) is 46.4 Å². The second-order valence-corrected chi connectivity index (χ2v) is 8.44. The van der Waals surface area contributed by atoms with Crippen LogP contribution >= 0.6 is 0 Å². The lowest BCUT2D eigenvalue weighted by Crippen LogP contribution is -2.50. The maximum absolute atomic E-state index is 12.8. The van der Waals surface area contributed by atoms with Gasteiger partial charge < -0.3 is 24.6 Å². The number of nitrogens with one attached hydrogen (secondary N) is 1. The van der Waals surface area contributed by atoms with E-state index in [2.05, 4.69) is 5.32 Å². The normalized spacial score (nSPS) is 22.1. The Kier molecular flexibility index (Phi) is 8.51. The van der Waals surface area contributed by atoms with Crippen molar-refractivity contribution in [2.75, 3.05) is 26.7 Å². The molecular weight excluding hydrogens is 448 g/mol. The number of aromatic nitrogens is 1. The minimum absolute atomic E-state index is 0.0729. The van der Waals surface area contributed by atoms with Crippen LogP contribution < -0.4 is 10.7 Å². The van der Waals surface area contributed by atoms with Crippen molar-refractivity contribution in [1.82, 2.24) is 14.8 Å². The second kappa shape index (κ2) is 11.3. The Labute approximate surface area is 196 Å².